The molecular weight excluding hydrogens is 392 g/mol. The summed E-state index contributed by atoms with van der Waals surface area (Å²) >= 11 is 0. The van der Waals surface area contributed by atoms with Gasteiger partial charge < -0.3 is 14.6 Å². The average molecular weight is 414 g/mol. The number of alkyl carbamates (subject to hydrolysis) is 1. The molecule has 0 radical (unpaired) electrons. The van der Waals surface area contributed by atoms with Gasteiger partial charge in [-0.15, -0.1) is 0 Å². The van der Waals surface area contributed by atoms with Crippen molar-refractivity contribution >= 4 is 12.1 Å². The topological polar surface area (TPSA) is 115 Å². The van der Waals surface area contributed by atoms with E-state index >= 15 is 0 Å². The lowest BCUT2D eigenvalue weighted by Gasteiger charge is -2.20. The predicted molar refractivity (Wildman–Crippen MR) is 104 cm³/mol. The third-order valence-corrected chi connectivity index (χ3v) is 5.15. The van der Waals surface area contributed by atoms with Crippen LogP contribution in [0.4, 0.5) is 4.79 Å². The molecule has 2 atom stereocenters. The van der Waals surface area contributed by atoms with Gasteiger partial charge in [0.05, 0.1) is 6.42 Å². The first-order valence-electron chi connectivity index (χ1n) is 9.58. The Balaban J connectivity index is 1.30. The molecule has 158 valence electrons. The highest BCUT2D eigenvalue weighted by molar-refractivity contribution is 5.79. The Bertz CT molecular complexity index is 868. The second-order valence-electron chi connectivity index (χ2n) is 7.00. The van der Waals surface area contributed by atoms with Crippen LogP contribution >= 0.6 is 0 Å². The van der Waals surface area contributed by atoms with Crippen molar-refractivity contribution in [3.63, 3.8) is 0 Å². The highest BCUT2D eigenvalue weighted by atomic mass is 16.9. The minimum Gasteiger partial charge on any atom is -0.481 e. The van der Waals surface area contributed by atoms with E-state index in [2.05, 4.69) is 23.1 Å². The Morgan fingerprint density at radius 3 is 2.40 bits per heavy atom. The van der Waals surface area contributed by atoms with Crippen LogP contribution in [-0.4, -0.2) is 49.3 Å². The van der Waals surface area contributed by atoms with Crippen molar-refractivity contribution in [2.75, 3.05) is 19.9 Å². The van der Waals surface area contributed by atoms with Gasteiger partial charge >= 0.3 is 12.1 Å². The molecule has 1 saturated heterocycles. The third-order valence-electron chi connectivity index (χ3n) is 5.15. The van der Waals surface area contributed by atoms with Crippen LogP contribution in [0.1, 0.15) is 23.5 Å². The molecule has 2 aromatic rings. The second kappa shape index (κ2) is 9.23. The molecule has 9 nitrogen and oxygen atoms in total. The van der Waals surface area contributed by atoms with Crippen LogP contribution < -0.4 is 11.0 Å². The van der Waals surface area contributed by atoms with E-state index in [4.69, 9.17) is 24.3 Å². The van der Waals surface area contributed by atoms with E-state index in [-0.39, 0.29) is 32.3 Å². The van der Waals surface area contributed by atoms with Crippen molar-refractivity contribution in [1.29, 1.82) is 0 Å². The molecule has 0 aromatic heterocycles. The normalized spacial score (nSPS) is 18.5. The van der Waals surface area contributed by atoms with Crippen molar-refractivity contribution in [3.05, 3.63) is 59.7 Å². The highest BCUT2D eigenvalue weighted by Crippen LogP contribution is 2.44. The molecule has 2 aromatic carbocycles. The summed E-state index contributed by atoms with van der Waals surface area (Å²) in [7, 11) is 0. The lowest BCUT2D eigenvalue weighted by Crippen LogP contribution is -2.38. The van der Waals surface area contributed by atoms with Gasteiger partial charge in [0.1, 0.15) is 32.2 Å². The molecule has 3 N–H and O–H groups in total. The molecule has 2 aliphatic rings. The van der Waals surface area contributed by atoms with Crippen molar-refractivity contribution in [1.82, 2.24) is 11.0 Å². The monoisotopic (exact) mass is 414 g/mol. The number of carboxylic acid groups (broad SMARTS) is 1. The number of nitrogens with one attached hydrogen (secondary N) is 2. The number of ether oxygens (including phenoxy) is 2. The average Bonchev–Trinajstić information content (AvgIpc) is 3.38. The third kappa shape index (κ3) is 4.44. The van der Waals surface area contributed by atoms with E-state index in [1.165, 1.54) is 0 Å². The minimum absolute atomic E-state index is 0.0426. The number of carboxylic acids is 1. The number of hydrogen-bond acceptors (Lipinski definition) is 7. The van der Waals surface area contributed by atoms with Crippen LogP contribution in [0.25, 0.3) is 11.1 Å². The van der Waals surface area contributed by atoms with Crippen molar-refractivity contribution in [3.8, 4) is 11.1 Å². The van der Waals surface area contributed by atoms with Crippen molar-refractivity contribution in [2.24, 2.45) is 0 Å². The number of fused-ring (bicyclic) bond motifs is 3. The zero-order valence-electron chi connectivity index (χ0n) is 16.1. The van der Waals surface area contributed by atoms with E-state index in [1.807, 2.05) is 36.4 Å². The molecule has 0 bridgehead atoms. The van der Waals surface area contributed by atoms with Crippen LogP contribution in [0.2, 0.25) is 0 Å². The summed E-state index contributed by atoms with van der Waals surface area (Å²) in [4.78, 5) is 33.0. The SMILES string of the molecule is O=C(O)CC(OCNC(=O)OCC1c2ccccc2-c2ccccc21)C1CONO1. The predicted octanol–water partition coefficient (Wildman–Crippen LogP) is 2.18. The molecule has 1 amide bonds. The summed E-state index contributed by atoms with van der Waals surface area (Å²) in [5, 5.41) is 11.5. The molecule has 4 rings (SSSR count). The Morgan fingerprint density at radius 1 is 1.13 bits per heavy atom. The lowest BCUT2D eigenvalue weighted by atomic mass is 9.98. The summed E-state index contributed by atoms with van der Waals surface area (Å²) in [5.74, 6) is -1.09. The van der Waals surface area contributed by atoms with E-state index in [0.29, 0.717) is 0 Å². The fourth-order valence-corrected chi connectivity index (χ4v) is 3.76. The van der Waals surface area contributed by atoms with Gasteiger partial charge in [-0.25, -0.2) is 4.79 Å². The molecule has 0 saturated carbocycles. The fraction of sp³-hybridized carbons (Fsp3) is 0.333. The maximum Gasteiger partial charge on any atom is 0.408 e. The number of rotatable bonds is 8. The van der Waals surface area contributed by atoms with Crippen LogP contribution in [0.5, 0.6) is 0 Å². The number of hydrogen-bond donors (Lipinski definition) is 3. The summed E-state index contributed by atoms with van der Waals surface area (Å²) < 4.78 is 10.9. The van der Waals surface area contributed by atoms with Crippen LogP contribution in [0.3, 0.4) is 0 Å². The molecule has 9 heteroatoms. The van der Waals surface area contributed by atoms with Crippen molar-refractivity contribution < 1.29 is 33.8 Å². The van der Waals surface area contributed by atoms with Crippen LogP contribution in [0.15, 0.2) is 48.5 Å². The molecule has 1 heterocycles. The van der Waals surface area contributed by atoms with Gasteiger partial charge in [-0.2, -0.15) is 0 Å². The maximum atomic E-state index is 12.2. The minimum atomic E-state index is -1.04. The number of aliphatic carboxylic acids is 1. The molecule has 1 aliphatic carbocycles. The molecule has 2 unspecified atom stereocenters. The fourth-order valence-electron chi connectivity index (χ4n) is 3.76. The van der Waals surface area contributed by atoms with Gasteiger partial charge in [-0.3, -0.25) is 19.8 Å². The van der Waals surface area contributed by atoms with Gasteiger partial charge in [0.2, 0.25) is 0 Å². The standard InChI is InChI=1S/C21H22N2O7/c24-20(25)9-18(19-11-29-23-30-19)28-12-22-21(26)27-10-17-15-7-3-1-5-13(15)14-6-2-4-8-16(14)17/h1-8,17-19,23H,9-12H2,(H,22,26)(H,24,25). The first-order chi connectivity index (χ1) is 14.6. The molecule has 1 aliphatic heterocycles. The first-order valence-corrected chi connectivity index (χ1v) is 9.58. The Hall–Kier alpha value is -2.98. The number of amides is 1. The Labute approximate surface area is 172 Å². The van der Waals surface area contributed by atoms with Gasteiger partial charge in [0, 0.05) is 5.92 Å². The van der Waals surface area contributed by atoms with Gasteiger partial charge in [-0.1, -0.05) is 54.2 Å². The number of carbonyl (C=O) groups is 2. The van der Waals surface area contributed by atoms with E-state index < -0.39 is 24.3 Å². The second-order valence-corrected chi connectivity index (χ2v) is 7.00. The summed E-state index contributed by atoms with van der Waals surface area (Å²) in [6.45, 7) is 0.110. The van der Waals surface area contributed by atoms with Crippen LogP contribution in [-0.2, 0) is 23.9 Å². The smallest absolute Gasteiger partial charge is 0.408 e. The van der Waals surface area contributed by atoms with Gasteiger partial charge in [0.15, 0.2) is 0 Å². The molecule has 1 fully saturated rings. The number of carbonyl (C=O) groups excluding carboxylic acids is 1. The van der Waals surface area contributed by atoms with Crippen LogP contribution in [0, 0.1) is 0 Å². The Kier molecular flexibility index (Phi) is 6.24. The summed E-state index contributed by atoms with van der Waals surface area (Å²) in [6.07, 6.45) is -2.31. The molecule has 30 heavy (non-hydrogen) atoms. The quantitative estimate of drug-likeness (QED) is 0.563. The van der Waals surface area contributed by atoms with E-state index in [9.17, 15) is 9.59 Å². The largest absolute Gasteiger partial charge is 0.481 e. The lowest BCUT2D eigenvalue weighted by molar-refractivity contribution is -0.147. The van der Waals surface area contributed by atoms with Crippen molar-refractivity contribution in [2.45, 2.75) is 24.5 Å². The zero-order chi connectivity index (χ0) is 20.9. The molecule has 0 spiro atoms. The Morgan fingerprint density at radius 2 is 1.80 bits per heavy atom. The number of benzene rings is 2. The highest BCUT2D eigenvalue weighted by Gasteiger charge is 2.31. The first kappa shape index (κ1) is 20.3. The molecular formula is C21H22N2O7. The zero-order valence-corrected chi connectivity index (χ0v) is 16.1. The van der Waals surface area contributed by atoms with Gasteiger partial charge in [-0.05, 0) is 22.3 Å². The van der Waals surface area contributed by atoms with E-state index in [1.54, 1.807) is 0 Å². The summed E-state index contributed by atoms with van der Waals surface area (Å²) in [5.41, 5.74) is 6.74. The maximum absolute atomic E-state index is 12.2. The summed E-state index contributed by atoms with van der Waals surface area (Å²) in [6, 6.07) is 16.1. The van der Waals surface area contributed by atoms with E-state index in [0.717, 1.165) is 22.3 Å². The van der Waals surface area contributed by atoms with Gasteiger partial charge in [0.25, 0.3) is 0 Å².